The Kier molecular flexibility index (Phi) is 17.3. The Bertz CT molecular complexity index is 3700. The Morgan fingerprint density at radius 2 is 1.70 bits per heavy atom. The molecule has 466 valence electrons. The predicted molar refractivity (Wildman–Crippen MR) is 316 cm³/mol. The molecule has 23 nitrogen and oxygen atoms in total. The van der Waals surface area contributed by atoms with Gasteiger partial charge in [0.05, 0.1) is 78.6 Å². The molecule has 6 heterocycles. The normalized spacial score (nSPS) is 23.0. The average molecular weight is 1210 g/mol. The van der Waals surface area contributed by atoms with E-state index in [1.54, 1.807) is 55.8 Å². The number of hydrogen-bond acceptors (Lipinski definition) is 16. The van der Waals surface area contributed by atoms with E-state index in [1.807, 2.05) is 20.0 Å². The molecule has 6 amide bonds. The molecule has 3 aliphatic heterocycles. The van der Waals surface area contributed by atoms with E-state index in [4.69, 9.17) is 23.9 Å². The molecule has 0 radical (unpaired) electrons. The van der Waals surface area contributed by atoms with Crippen molar-refractivity contribution < 1.29 is 62.0 Å². The zero-order chi connectivity index (χ0) is 62.4. The van der Waals surface area contributed by atoms with Gasteiger partial charge in [-0.2, -0.15) is 0 Å². The minimum atomic E-state index is -2.03. The van der Waals surface area contributed by atoms with E-state index in [2.05, 4.69) is 38.5 Å². The van der Waals surface area contributed by atoms with Gasteiger partial charge in [0.1, 0.15) is 30.8 Å². The highest BCUT2D eigenvalue weighted by atomic mass is 19.1. The largest absolute Gasteiger partial charge is 0.458 e. The van der Waals surface area contributed by atoms with Crippen LogP contribution in [0.5, 0.6) is 0 Å². The van der Waals surface area contributed by atoms with Gasteiger partial charge in [0, 0.05) is 65.3 Å². The van der Waals surface area contributed by atoms with E-state index in [1.165, 1.54) is 27.7 Å². The number of nitrogens with zero attached hydrogens (tertiary/aromatic N) is 6. The van der Waals surface area contributed by atoms with Gasteiger partial charge in [0.2, 0.25) is 17.7 Å². The Morgan fingerprint density at radius 1 is 0.955 bits per heavy atom. The molecule has 2 fully saturated rings. The SMILES string of the molecule is CC[C@@]1(O)C(=O)OCc2c1cc1n(c2=O)Cc2c-1nc1cc(F)c(C)c3c1c2[C@@H](NC(=O)OCc1ccc(NC(=O)[C@@H](C)NC(=O)CCOC(C)(C)CCOC2(C)CCC2Cn2cc(CNC(=O)C4CCC(CN5C(=O)C=CC5=O)CC4)nn2)cc1)CC3. The Hall–Kier alpha value is -8.22. The van der Waals surface area contributed by atoms with Gasteiger partial charge in [0.15, 0.2) is 5.60 Å². The smallest absolute Gasteiger partial charge is 0.407 e. The van der Waals surface area contributed by atoms with Gasteiger partial charge in [-0.15, -0.1) is 5.10 Å². The highest BCUT2D eigenvalue weighted by Gasteiger charge is 2.47. The molecule has 3 aromatic heterocycles. The summed E-state index contributed by atoms with van der Waals surface area (Å²) in [6.45, 7) is 12.4. The van der Waals surface area contributed by atoms with E-state index in [-0.39, 0.29) is 104 Å². The molecule has 0 bridgehead atoms. The number of anilines is 1. The topological polar surface area (TPSA) is 294 Å². The lowest BCUT2D eigenvalue weighted by Gasteiger charge is -2.47. The van der Waals surface area contributed by atoms with E-state index >= 15 is 4.39 Å². The number of pyridine rings is 2. The summed E-state index contributed by atoms with van der Waals surface area (Å²) in [6, 6.07) is 8.19. The highest BCUT2D eigenvalue weighted by Crippen LogP contribution is 2.47. The number of aliphatic hydroxyl groups is 1. The van der Waals surface area contributed by atoms with Crippen LogP contribution in [-0.2, 0) is 92.6 Å². The molecular formula is C64H75FN10O13. The van der Waals surface area contributed by atoms with Crippen LogP contribution in [0.3, 0.4) is 0 Å². The number of carbonyl (C=O) groups excluding carboxylic acids is 7. The number of aryl methyl sites for hydroxylation is 1. The Balaban J connectivity index is 0.589. The van der Waals surface area contributed by atoms with Crippen LogP contribution in [0, 0.1) is 30.5 Å². The van der Waals surface area contributed by atoms with E-state index in [9.17, 15) is 43.5 Å². The van der Waals surface area contributed by atoms with Crippen molar-refractivity contribution in [1.82, 2.24) is 45.4 Å². The molecule has 88 heavy (non-hydrogen) atoms. The summed E-state index contributed by atoms with van der Waals surface area (Å²) in [7, 11) is 0. The van der Waals surface area contributed by atoms with Crippen molar-refractivity contribution in [2.24, 2.45) is 17.8 Å². The number of halogens is 1. The summed E-state index contributed by atoms with van der Waals surface area (Å²) >= 11 is 0. The number of hydrogen-bond donors (Lipinski definition) is 5. The monoisotopic (exact) mass is 1210 g/mol. The van der Waals surface area contributed by atoms with Crippen molar-refractivity contribution in [3.63, 3.8) is 0 Å². The Morgan fingerprint density at radius 3 is 2.42 bits per heavy atom. The fraction of sp³-hybridized carbons (Fsp3) is 0.516. The number of alkyl carbamates (subject to hydrolysis) is 1. The van der Waals surface area contributed by atoms with Gasteiger partial charge in [-0.05, 0) is 145 Å². The number of fused-ring (bicyclic) bond motifs is 5. The van der Waals surface area contributed by atoms with Crippen LogP contribution in [0.4, 0.5) is 14.9 Å². The second-order valence-electron chi connectivity index (χ2n) is 25.1. The molecule has 0 spiro atoms. The lowest BCUT2D eigenvalue weighted by Crippen LogP contribution is -2.49. The first kappa shape index (κ1) is 61.4. The van der Waals surface area contributed by atoms with Crippen LogP contribution in [-0.4, -0.2) is 113 Å². The summed E-state index contributed by atoms with van der Waals surface area (Å²) in [5.74, 6) is -2.38. The van der Waals surface area contributed by atoms with Crippen molar-refractivity contribution in [1.29, 1.82) is 0 Å². The van der Waals surface area contributed by atoms with Crippen LogP contribution < -0.4 is 26.8 Å². The van der Waals surface area contributed by atoms with Crippen LogP contribution in [0.1, 0.15) is 150 Å². The first-order valence-corrected chi connectivity index (χ1v) is 30.4. The number of cyclic esters (lactones) is 1. The number of ether oxygens (including phenoxy) is 4. The van der Waals surface area contributed by atoms with Gasteiger partial charge in [-0.3, -0.25) is 38.3 Å². The minimum absolute atomic E-state index is 0.0267. The molecule has 6 aliphatic rings. The van der Waals surface area contributed by atoms with Crippen LogP contribution >= 0.6 is 0 Å². The molecule has 11 rings (SSSR count). The molecule has 24 heteroatoms. The quantitative estimate of drug-likeness (QED) is 0.0369. The molecule has 5 aromatic rings. The summed E-state index contributed by atoms with van der Waals surface area (Å²) in [5, 5.41) is 32.3. The molecule has 2 aromatic carbocycles. The second-order valence-corrected chi connectivity index (χ2v) is 25.1. The number of imide groups is 1. The number of amides is 6. The standard InChI is InChI=1S/C64H75FN10O13/c1-7-64(84)46-26-50-56-44(32-74(50)59(81)45(46)34-85-60(64)82)55-48(17-16-43-35(2)47(65)27-49(69-56)54(43)55)70-61(83)86-33-38-10-14-41(15-11-38)68-57(79)36(3)67-51(76)21-24-87-62(4,5)23-25-88-63(6)22-20-40(63)30-73-31-42(71-72-73)28-66-58(80)39-12-8-37(9-13-39)29-75-52(77)18-19-53(75)78/h10-11,14-15,18-19,26-27,31,36-37,39-40,48,84H,7-9,12-13,16-17,20-25,28-30,32-34H2,1-6H3,(H,66,80)(H,67,76)(H,68,79)(H,70,83)/t36-,37?,39?,40?,48+,63?,64+/m1/s1. The predicted octanol–water partition coefficient (Wildman–Crippen LogP) is 6.28. The number of carbonyl (C=O) groups is 7. The number of aromatic nitrogens is 5. The molecular weight excluding hydrogens is 1140 g/mol. The van der Waals surface area contributed by atoms with Crippen molar-refractivity contribution in [3.05, 3.63) is 116 Å². The van der Waals surface area contributed by atoms with E-state index < -0.39 is 52.6 Å². The summed E-state index contributed by atoms with van der Waals surface area (Å²) in [5.41, 5.74) is 2.32. The van der Waals surface area contributed by atoms with Gasteiger partial charge in [0.25, 0.3) is 17.4 Å². The van der Waals surface area contributed by atoms with Crippen LogP contribution in [0.2, 0.25) is 0 Å². The average Bonchev–Trinajstić information content (AvgIpc) is 1.51. The zero-order valence-electron chi connectivity index (χ0n) is 50.4. The minimum Gasteiger partial charge on any atom is -0.458 e. The number of benzene rings is 2. The number of esters is 1. The van der Waals surface area contributed by atoms with E-state index in [0.717, 1.165) is 31.2 Å². The third-order valence-electron chi connectivity index (χ3n) is 18.8. The third kappa shape index (κ3) is 12.5. The van der Waals surface area contributed by atoms with Gasteiger partial charge in [-0.25, -0.2) is 19.0 Å². The van der Waals surface area contributed by atoms with Crippen LogP contribution in [0.25, 0.3) is 22.3 Å². The van der Waals surface area contributed by atoms with Crippen molar-refractivity contribution >= 4 is 58.2 Å². The summed E-state index contributed by atoms with van der Waals surface area (Å²) in [6.07, 6.45) is 9.96. The second kappa shape index (κ2) is 24.7. The maximum Gasteiger partial charge on any atom is 0.407 e. The van der Waals surface area contributed by atoms with Gasteiger partial charge in [-0.1, -0.05) is 24.3 Å². The lowest BCUT2D eigenvalue weighted by atomic mass is 9.70. The third-order valence-corrected chi connectivity index (χ3v) is 18.8. The summed E-state index contributed by atoms with van der Waals surface area (Å²) in [4.78, 5) is 110. The lowest BCUT2D eigenvalue weighted by molar-refractivity contribution is -0.172. The first-order chi connectivity index (χ1) is 42.0. The zero-order valence-corrected chi connectivity index (χ0v) is 50.4. The van der Waals surface area contributed by atoms with Crippen molar-refractivity contribution in [2.45, 2.75) is 174 Å². The molecule has 0 saturated heterocycles. The molecule has 5 N–H and O–H groups in total. The van der Waals surface area contributed by atoms with E-state index in [0.29, 0.717) is 108 Å². The highest BCUT2D eigenvalue weighted by molar-refractivity contribution is 6.12. The Labute approximate surface area is 507 Å². The number of rotatable bonds is 22. The maximum absolute atomic E-state index is 15.4. The number of nitrogens with one attached hydrogen (secondary N) is 4. The molecule has 2 unspecified atom stereocenters. The molecule has 5 atom stereocenters. The fourth-order valence-corrected chi connectivity index (χ4v) is 13.1. The molecule has 2 saturated carbocycles. The fourth-order valence-electron chi connectivity index (χ4n) is 13.1. The van der Waals surface area contributed by atoms with Crippen molar-refractivity contribution in [2.75, 3.05) is 25.1 Å². The van der Waals surface area contributed by atoms with Gasteiger partial charge < -0.3 is 49.9 Å². The summed E-state index contributed by atoms with van der Waals surface area (Å²) < 4.78 is 42.2. The molecule has 3 aliphatic carbocycles. The first-order valence-electron chi connectivity index (χ1n) is 30.4. The maximum atomic E-state index is 15.4. The van der Waals surface area contributed by atoms with Gasteiger partial charge >= 0.3 is 12.1 Å². The van der Waals surface area contributed by atoms with Crippen molar-refractivity contribution in [3.8, 4) is 11.4 Å². The van der Waals surface area contributed by atoms with Crippen LogP contribution in [0.15, 0.2) is 59.5 Å².